The normalized spacial score (nSPS) is 14.3. The van der Waals surface area contributed by atoms with Gasteiger partial charge in [0.15, 0.2) is 0 Å². The van der Waals surface area contributed by atoms with Gasteiger partial charge >= 0.3 is 0 Å². The summed E-state index contributed by atoms with van der Waals surface area (Å²) in [6.07, 6.45) is 0. The van der Waals surface area contributed by atoms with Gasteiger partial charge in [-0.3, -0.25) is 0 Å². The Morgan fingerprint density at radius 3 is 1.60 bits per heavy atom. The molecule has 0 N–H and O–H groups in total. The van der Waals surface area contributed by atoms with Gasteiger partial charge in [-0.25, -0.2) is 0 Å². The second-order valence-electron chi connectivity index (χ2n) is 15.7. The van der Waals surface area contributed by atoms with Crippen LogP contribution in [0.25, 0.3) is 55.3 Å². The first-order chi connectivity index (χ1) is 25.8. The molecule has 0 heterocycles. The summed E-state index contributed by atoms with van der Waals surface area (Å²) in [6.45, 7) is 9.52. The molecule has 0 atom stereocenters. The van der Waals surface area contributed by atoms with Gasteiger partial charge in [0.2, 0.25) is 0 Å². The summed E-state index contributed by atoms with van der Waals surface area (Å²) in [5, 5.41) is 2.58. The second kappa shape index (κ2) is 11.7. The van der Waals surface area contributed by atoms with Crippen LogP contribution in [-0.4, -0.2) is 0 Å². The summed E-state index contributed by atoms with van der Waals surface area (Å²) in [5.74, 6) is 0. The summed E-state index contributed by atoms with van der Waals surface area (Å²) in [7, 11) is 0. The molecule has 10 rings (SSSR count). The zero-order chi connectivity index (χ0) is 35.9. The van der Waals surface area contributed by atoms with Crippen molar-refractivity contribution in [2.45, 2.75) is 38.5 Å². The maximum Gasteiger partial charge on any atom is 0.0549 e. The van der Waals surface area contributed by atoms with Crippen molar-refractivity contribution in [2.24, 2.45) is 0 Å². The second-order valence-corrected chi connectivity index (χ2v) is 15.7. The van der Waals surface area contributed by atoms with Crippen LogP contribution < -0.4 is 4.90 Å². The number of hydrogen-bond donors (Lipinski definition) is 0. The van der Waals surface area contributed by atoms with E-state index in [1.807, 2.05) is 0 Å². The molecule has 0 spiro atoms. The van der Waals surface area contributed by atoms with E-state index in [1.165, 1.54) is 83.2 Å². The van der Waals surface area contributed by atoms with Gasteiger partial charge < -0.3 is 4.90 Å². The third-order valence-electron chi connectivity index (χ3n) is 12.0. The zero-order valence-corrected chi connectivity index (χ0v) is 30.7. The van der Waals surface area contributed by atoms with E-state index in [1.54, 1.807) is 0 Å². The molecular formula is C52H41N. The molecule has 0 bridgehead atoms. The number of fused-ring (bicyclic) bond motifs is 8. The molecule has 53 heavy (non-hydrogen) atoms. The van der Waals surface area contributed by atoms with Crippen LogP contribution in [0.15, 0.2) is 176 Å². The fourth-order valence-electron chi connectivity index (χ4n) is 9.55. The third-order valence-corrected chi connectivity index (χ3v) is 12.0. The van der Waals surface area contributed by atoms with E-state index in [-0.39, 0.29) is 10.8 Å². The van der Waals surface area contributed by atoms with E-state index >= 15 is 0 Å². The van der Waals surface area contributed by atoms with E-state index in [4.69, 9.17) is 0 Å². The molecule has 0 aliphatic heterocycles. The molecule has 8 aromatic carbocycles. The molecule has 0 saturated carbocycles. The van der Waals surface area contributed by atoms with Gasteiger partial charge in [0.05, 0.1) is 5.69 Å². The Morgan fingerprint density at radius 2 is 0.887 bits per heavy atom. The number of benzene rings is 8. The van der Waals surface area contributed by atoms with Crippen LogP contribution in [0.4, 0.5) is 17.1 Å². The topological polar surface area (TPSA) is 3.24 Å². The highest BCUT2D eigenvalue weighted by atomic mass is 15.1. The van der Waals surface area contributed by atoms with Crippen molar-refractivity contribution in [3.05, 3.63) is 198 Å². The molecule has 0 saturated heterocycles. The number of hydrogen-bond acceptors (Lipinski definition) is 1. The molecule has 2 aliphatic carbocycles. The Kier molecular flexibility index (Phi) is 6.94. The monoisotopic (exact) mass is 679 g/mol. The molecule has 2 aliphatic rings. The van der Waals surface area contributed by atoms with Gasteiger partial charge in [0.25, 0.3) is 0 Å². The Hall–Kier alpha value is -6.18. The minimum Gasteiger partial charge on any atom is -0.310 e. The van der Waals surface area contributed by atoms with Crippen molar-refractivity contribution in [2.75, 3.05) is 4.90 Å². The Bertz CT molecular complexity index is 2700. The third kappa shape index (κ3) is 4.70. The van der Waals surface area contributed by atoms with E-state index in [0.29, 0.717) is 0 Å². The maximum atomic E-state index is 2.48. The summed E-state index contributed by atoms with van der Waals surface area (Å²) < 4.78 is 0. The van der Waals surface area contributed by atoms with Crippen molar-refractivity contribution >= 4 is 27.8 Å². The van der Waals surface area contributed by atoms with Crippen LogP contribution in [0.1, 0.15) is 49.9 Å². The quantitative estimate of drug-likeness (QED) is 0.175. The molecule has 8 aromatic rings. The largest absolute Gasteiger partial charge is 0.310 e. The highest BCUT2D eigenvalue weighted by Crippen LogP contribution is 2.57. The first-order valence-corrected chi connectivity index (χ1v) is 18.8. The molecule has 0 unspecified atom stereocenters. The minimum absolute atomic E-state index is 0.0838. The van der Waals surface area contributed by atoms with Gasteiger partial charge in [0, 0.05) is 27.8 Å². The molecule has 0 fully saturated rings. The standard InChI is InChI=1S/C52H41N/c1-51(2)45-23-12-10-19-42(45)43-22-14-21-40(49(43)51)36-27-31-39(32-28-36)53(38-29-25-35(26-30-38)34-15-6-5-7-16-34)47-33-37-17-8-9-18-41(37)50-48(47)44-20-11-13-24-46(44)52(50,3)4/h5-33H,1-4H3. The van der Waals surface area contributed by atoms with E-state index in [0.717, 1.165) is 11.4 Å². The lowest BCUT2D eigenvalue weighted by Gasteiger charge is -2.30. The average molecular weight is 680 g/mol. The summed E-state index contributed by atoms with van der Waals surface area (Å²) >= 11 is 0. The van der Waals surface area contributed by atoms with E-state index in [9.17, 15) is 0 Å². The molecule has 1 nitrogen and oxygen atoms in total. The smallest absolute Gasteiger partial charge is 0.0549 e. The highest BCUT2D eigenvalue weighted by molar-refractivity contribution is 6.06. The van der Waals surface area contributed by atoms with Gasteiger partial charge in [-0.1, -0.05) is 173 Å². The van der Waals surface area contributed by atoms with Crippen molar-refractivity contribution in [3.63, 3.8) is 0 Å². The van der Waals surface area contributed by atoms with Crippen molar-refractivity contribution in [1.82, 2.24) is 0 Å². The van der Waals surface area contributed by atoms with Crippen LogP contribution in [0.2, 0.25) is 0 Å². The number of anilines is 3. The highest BCUT2D eigenvalue weighted by Gasteiger charge is 2.40. The molecule has 254 valence electrons. The number of rotatable bonds is 5. The Balaban J connectivity index is 1.18. The predicted molar refractivity (Wildman–Crippen MR) is 225 cm³/mol. The predicted octanol–water partition coefficient (Wildman–Crippen LogP) is 14.3. The molecule has 0 amide bonds. The summed E-state index contributed by atoms with van der Waals surface area (Å²) in [4.78, 5) is 2.48. The van der Waals surface area contributed by atoms with Gasteiger partial charge in [-0.05, 0) is 102 Å². The van der Waals surface area contributed by atoms with Crippen LogP contribution in [-0.2, 0) is 10.8 Å². The molecule has 1 heteroatoms. The first-order valence-electron chi connectivity index (χ1n) is 18.8. The summed E-state index contributed by atoms with van der Waals surface area (Å²) in [6, 6.07) is 65.1. The summed E-state index contributed by atoms with van der Waals surface area (Å²) in [5.41, 5.74) is 19.1. The van der Waals surface area contributed by atoms with Gasteiger partial charge in [0.1, 0.15) is 0 Å². The molecule has 0 aromatic heterocycles. The maximum absolute atomic E-state index is 2.48. The SMILES string of the molecule is CC1(C)c2ccccc2-c2cccc(-c3ccc(N(c4ccc(-c5ccccc5)cc4)c4cc5ccccc5c5c4-c4ccccc4C5(C)C)cc3)c21. The van der Waals surface area contributed by atoms with E-state index < -0.39 is 0 Å². The van der Waals surface area contributed by atoms with Crippen LogP contribution >= 0.6 is 0 Å². The first kappa shape index (κ1) is 31.5. The van der Waals surface area contributed by atoms with Gasteiger partial charge in [-0.15, -0.1) is 0 Å². The van der Waals surface area contributed by atoms with Crippen LogP contribution in [0.5, 0.6) is 0 Å². The molecular weight excluding hydrogens is 639 g/mol. The average Bonchev–Trinajstić information content (AvgIpc) is 3.59. The fourth-order valence-corrected chi connectivity index (χ4v) is 9.55. The zero-order valence-electron chi connectivity index (χ0n) is 30.7. The van der Waals surface area contributed by atoms with Gasteiger partial charge in [-0.2, -0.15) is 0 Å². The fraction of sp³-hybridized carbons (Fsp3) is 0.115. The van der Waals surface area contributed by atoms with Crippen molar-refractivity contribution < 1.29 is 0 Å². The molecule has 0 radical (unpaired) electrons. The van der Waals surface area contributed by atoms with E-state index in [2.05, 4.69) is 209 Å². The van der Waals surface area contributed by atoms with Crippen LogP contribution in [0, 0.1) is 0 Å². The Morgan fingerprint density at radius 1 is 0.377 bits per heavy atom. The van der Waals surface area contributed by atoms with Crippen molar-refractivity contribution in [3.8, 4) is 44.5 Å². The lowest BCUT2D eigenvalue weighted by atomic mass is 9.79. The van der Waals surface area contributed by atoms with Crippen LogP contribution in [0.3, 0.4) is 0 Å². The lowest BCUT2D eigenvalue weighted by molar-refractivity contribution is 0.662. The number of nitrogens with zero attached hydrogens (tertiary/aromatic N) is 1. The van der Waals surface area contributed by atoms with Crippen molar-refractivity contribution in [1.29, 1.82) is 0 Å². The minimum atomic E-state index is -0.147. The lowest BCUT2D eigenvalue weighted by Crippen LogP contribution is -2.17. The Labute approximate surface area is 312 Å².